The monoisotopic (exact) mass is 1820 g/mol. The smallest absolute Gasteiger partial charge is 0.200 e. The third-order valence-electron chi connectivity index (χ3n) is 11.4. The molecule has 12 aromatic rings. The molecule has 0 bridgehead atoms. The van der Waals surface area contributed by atoms with E-state index >= 15 is 0 Å². The molecule has 0 unspecified atom stereocenters. The summed E-state index contributed by atoms with van der Waals surface area (Å²) >= 11 is 10.7. The number of hydrogen-bond donors (Lipinski definition) is 1. The minimum absolute atomic E-state index is 0.0347. The van der Waals surface area contributed by atoms with Crippen LogP contribution in [0.15, 0.2) is 219 Å². The van der Waals surface area contributed by atoms with E-state index < -0.39 is 32.6 Å². The zero-order valence-electron chi connectivity index (χ0n) is 41.1. The molecule has 3 aromatic heterocycles. The van der Waals surface area contributed by atoms with Crippen LogP contribution in [0.25, 0.3) is 65.7 Å². The quantitative estimate of drug-likeness (QED) is 0.135. The normalized spacial score (nSPS) is 11.1. The zero-order valence-corrected chi connectivity index (χ0v) is 56.2. The molecule has 78 heavy (non-hydrogen) atoms. The van der Waals surface area contributed by atoms with Crippen LogP contribution in [0.5, 0.6) is 11.5 Å². The Morgan fingerprint density at radius 3 is 1.24 bits per heavy atom. The van der Waals surface area contributed by atoms with Crippen molar-refractivity contribution in [2.24, 2.45) is 0 Å². The Kier molecular flexibility index (Phi) is 22.1. The number of benzene rings is 9. The molecule has 1 aliphatic heterocycles. The van der Waals surface area contributed by atoms with Gasteiger partial charge in [-0.25, -0.2) is 0 Å². The van der Waals surface area contributed by atoms with E-state index in [1.165, 1.54) is 53.9 Å². The number of carbonyl (C=O) groups excluding carboxylic acids is 2. The van der Waals surface area contributed by atoms with Gasteiger partial charge in [0.25, 0.3) is 0 Å². The van der Waals surface area contributed by atoms with Crippen molar-refractivity contribution < 1.29 is 29.3 Å². The minimum atomic E-state index is -2.59. The van der Waals surface area contributed by atoms with Crippen LogP contribution in [-0.2, 0) is 22.1 Å². The van der Waals surface area contributed by atoms with Crippen LogP contribution in [0.4, 0.5) is 0 Å². The minimum Gasteiger partial charge on any atom is -0.457 e. The first kappa shape index (κ1) is 59.7. The summed E-state index contributed by atoms with van der Waals surface area (Å²) in [5.74, 6) is 1.14. The van der Waals surface area contributed by atoms with Gasteiger partial charge >= 0.3 is 96.1 Å². The summed E-state index contributed by atoms with van der Waals surface area (Å²) in [5, 5.41) is 5.17. The maximum Gasteiger partial charge on any atom is 0.200 e. The van der Waals surface area contributed by atoms with Crippen molar-refractivity contribution in [2.45, 2.75) is 20.3 Å². The molecule has 394 valence electrons. The summed E-state index contributed by atoms with van der Waals surface area (Å²) in [7, 11) is 0. The van der Waals surface area contributed by atoms with Crippen LogP contribution in [0.1, 0.15) is 25.0 Å². The molecule has 0 fully saturated rings. The van der Waals surface area contributed by atoms with E-state index in [-0.39, 0.29) is 10.9 Å². The number of rotatable bonds is 3. The molecular weight excluding hydrogens is 1780 g/mol. The molecule has 0 atom stereocenters. The number of para-hydroxylation sites is 4. The summed E-state index contributed by atoms with van der Waals surface area (Å²) in [5.41, 5.74) is 7.62. The molecule has 0 aliphatic carbocycles. The Morgan fingerprint density at radius 1 is 0.436 bits per heavy atom. The average Bonchev–Trinajstić information content (AvgIpc) is 3.83. The van der Waals surface area contributed by atoms with Crippen LogP contribution in [0.2, 0.25) is 0 Å². The summed E-state index contributed by atoms with van der Waals surface area (Å²) in [6.07, 6.45) is 0.971. The van der Waals surface area contributed by atoms with Crippen LogP contribution in [0, 0.1) is 17.9 Å². The fraction of sp³-hybridized carbons (Fsp3) is 0.0492. The third kappa shape index (κ3) is 15.5. The molecule has 9 aromatic carbocycles. The maximum absolute atomic E-state index is 12.3. The van der Waals surface area contributed by atoms with Crippen molar-refractivity contribution in [3.05, 3.63) is 250 Å². The molecular formula is C61H42I7NO9. The van der Waals surface area contributed by atoms with Gasteiger partial charge in [0.15, 0.2) is 0 Å². The Balaban J connectivity index is 0.000000128. The van der Waals surface area contributed by atoms with Gasteiger partial charge in [-0.2, -0.15) is 0 Å². The van der Waals surface area contributed by atoms with Crippen molar-refractivity contribution >= 4 is 226 Å². The molecule has 10 nitrogen and oxygen atoms in total. The van der Waals surface area contributed by atoms with Crippen LogP contribution in [-0.4, -0.2) is 16.9 Å². The SMILES string of the molecule is CC(=O)OI(OC(C)=O)c1ccccc1.II.Ic1ccc2c(c1)Cc1cc(I)ccc1O2.O=c1c2cc(I)ccc2oc2ccc(I)cc12.O=c1c2ccccc2oc2ccccc12.c1ccc2c(c1)[nH]c1ccccc12. The van der Waals surface area contributed by atoms with Crippen LogP contribution in [0.3, 0.4) is 0 Å². The number of aromatic amines is 1. The molecule has 17 heteroatoms. The van der Waals surface area contributed by atoms with E-state index in [9.17, 15) is 19.2 Å². The topological polar surface area (TPSA) is 138 Å². The zero-order chi connectivity index (χ0) is 55.3. The Hall–Kier alpha value is -4.43. The van der Waals surface area contributed by atoms with Crippen LogP contribution < -0.4 is 15.6 Å². The van der Waals surface area contributed by atoms with Gasteiger partial charge in [0.2, 0.25) is 10.9 Å². The van der Waals surface area contributed by atoms with Gasteiger partial charge in [-0.3, -0.25) is 9.59 Å². The molecule has 1 N–H and O–H groups in total. The Morgan fingerprint density at radius 2 is 0.795 bits per heavy atom. The van der Waals surface area contributed by atoms with Crippen molar-refractivity contribution in [3.63, 3.8) is 0 Å². The molecule has 0 saturated carbocycles. The van der Waals surface area contributed by atoms with Gasteiger partial charge in [0.05, 0.1) is 21.5 Å². The summed E-state index contributed by atoms with van der Waals surface area (Å²) in [6, 6.07) is 64.3. The van der Waals surface area contributed by atoms with E-state index in [1.807, 2.05) is 91.0 Å². The summed E-state index contributed by atoms with van der Waals surface area (Å²) < 4.78 is 32.7. The first-order valence-electron chi connectivity index (χ1n) is 23.5. The van der Waals surface area contributed by atoms with E-state index in [0.29, 0.717) is 43.9 Å². The third-order valence-corrected chi connectivity index (χ3v) is 17.9. The molecule has 0 saturated heterocycles. The van der Waals surface area contributed by atoms with Crippen molar-refractivity contribution in [1.29, 1.82) is 0 Å². The molecule has 0 spiro atoms. The van der Waals surface area contributed by atoms with Gasteiger partial charge in [0, 0.05) is 90.9 Å². The van der Waals surface area contributed by atoms with E-state index in [0.717, 1.165) is 28.6 Å². The molecule has 1 aliphatic rings. The fourth-order valence-corrected chi connectivity index (χ4v) is 12.9. The first-order valence-corrected chi connectivity index (χ1v) is 36.9. The second-order valence-corrected chi connectivity index (χ2v) is 25.1. The number of halogens is 7. The van der Waals surface area contributed by atoms with Gasteiger partial charge in [-0.15, -0.1) is 0 Å². The molecule has 0 radical (unpaired) electrons. The van der Waals surface area contributed by atoms with E-state index in [4.69, 9.17) is 19.7 Å². The van der Waals surface area contributed by atoms with E-state index in [1.54, 1.807) is 24.3 Å². The number of aromatic nitrogens is 1. The predicted molar refractivity (Wildman–Crippen MR) is 373 cm³/mol. The maximum atomic E-state index is 12.3. The van der Waals surface area contributed by atoms with Gasteiger partial charge in [-0.05, 0) is 200 Å². The van der Waals surface area contributed by atoms with Crippen LogP contribution >= 0.6 is 148 Å². The summed E-state index contributed by atoms with van der Waals surface area (Å²) in [6.45, 7) is 2.60. The number of fused-ring (bicyclic) bond motifs is 9. The van der Waals surface area contributed by atoms with E-state index in [2.05, 4.69) is 218 Å². The predicted octanol–water partition coefficient (Wildman–Crippen LogP) is 19.1. The number of carbonyl (C=O) groups is 2. The van der Waals surface area contributed by atoms with Gasteiger partial charge in [-0.1, -0.05) is 60.7 Å². The Bertz CT molecular complexity index is 3990. The molecule has 13 rings (SSSR count). The summed E-state index contributed by atoms with van der Waals surface area (Å²) in [4.78, 5) is 49.4. The van der Waals surface area contributed by atoms with Gasteiger partial charge in [0.1, 0.15) is 33.8 Å². The standard InChI is InChI=1S/C13H6I2O2.C13H8I2O.C13H8O2.C12H9N.C10H11IO4.I2/c14-7-1-3-11-9(5-7)13(16)10-6-8(15)2-4-12(10)17-11;14-10-1-3-12-8(6-10)5-9-7-11(15)2-4-13(9)16-12;14-13-9-5-1-3-7-11(9)15-12-8-4-2-6-10(12)13;1-3-7-11-9(5-1)10-6-2-4-8-12(10)13-11;1-8(12)14-11(15-9(2)13)10-6-4-3-5-7-10;1-2/h1-6H;1-4,6-7H,5H2;1-8H;1-8,13H;3-7H,1-2H3;. The van der Waals surface area contributed by atoms with Crippen molar-refractivity contribution in [2.75, 3.05) is 0 Å². The fourth-order valence-electron chi connectivity index (χ4n) is 8.06. The number of H-pyrrole nitrogens is 1. The second kappa shape index (κ2) is 28.8. The van der Waals surface area contributed by atoms with Gasteiger partial charge < -0.3 is 18.6 Å². The molecule has 4 heterocycles. The number of hydrogen-bond acceptors (Lipinski definition) is 9. The number of nitrogens with one attached hydrogen (secondary N) is 1. The number of ether oxygens (including phenoxy) is 1. The molecule has 0 amide bonds. The second-order valence-electron chi connectivity index (χ2n) is 16.8. The Labute approximate surface area is 534 Å². The van der Waals surface area contributed by atoms with Crippen molar-refractivity contribution in [1.82, 2.24) is 4.98 Å². The van der Waals surface area contributed by atoms with Crippen molar-refractivity contribution in [3.8, 4) is 11.5 Å². The largest absolute Gasteiger partial charge is 0.457 e. The first-order chi connectivity index (χ1) is 37.8. The average molecular weight is 1820 g/mol.